The van der Waals surface area contributed by atoms with E-state index in [2.05, 4.69) is 11.4 Å². The van der Waals surface area contributed by atoms with Crippen molar-refractivity contribution in [3.05, 3.63) is 24.3 Å². The number of anilines is 1. The summed E-state index contributed by atoms with van der Waals surface area (Å²) in [5.41, 5.74) is -0.452. The number of rotatable bonds is 6. The Morgan fingerprint density at radius 3 is 2.21 bits per heavy atom. The SMILES string of the molecule is CCN(CC)S(=O)(=O)c1ccc(NC(=O)C2(C#N)CCCC2)cc1. The number of nitriles is 1. The molecule has 0 spiro atoms. The van der Waals surface area contributed by atoms with E-state index in [1.807, 2.05) is 0 Å². The van der Waals surface area contributed by atoms with Crippen LogP contribution in [0.4, 0.5) is 5.69 Å². The molecular weight excluding hydrogens is 326 g/mol. The van der Waals surface area contributed by atoms with Gasteiger partial charge in [-0.2, -0.15) is 9.57 Å². The Balaban J connectivity index is 2.16. The van der Waals surface area contributed by atoms with E-state index >= 15 is 0 Å². The van der Waals surface area contributed by atoms with Gasteiger partial charge in [0.05, 0.1) is 11.0 Å². The maximum Gasteiger partial charge on any atom is 0.244 e. The third kappa shape index (κ3) is 3.45. The molecule has 0 saturated heterocycles. The van der Waals surface area contributed by atoms with Crippen LogP contribution < -0.4 is 5.32 Å². The van der Waals surface area contributed by atoms with E-state index in [-0.39, 0.29) is 10.8 Å². The van der Waals surface area contributed by atoms with Gasteiger partial charge in [-0.25, -0.2) is 8.42 Å². The van der Waals surface area contributed by atoms with Gasteiger partial charge in [-0.1, -0.05) is 26.7 Å². The number of sulfonamides is 1. The van der Waals surface area contributed by atoms with Gasteiger partial charge in [0, 0.05) is 18.8 Å². The summed E-state index contributed by atoms with van der Waals surface area (Å²) < 4.78 is 26.2. The summed E-state index contributed by atoms with van der Waals surface area (Å²) >= 11 is 0. The molecule has 1 aliphatic carbocycles. The van der Waals surface area contributed by atoms with E-state index in [9.17, 15) is 18.5 Å². The minimum Gasteiger partial charge on any atom is -0.325 e. The van der Waals surface area contributed by atoms with Gasteiger partial charge >= 0.3 is 0 Å². The number of hydrogen-bond donors (Lipinski definition) is 1. The summed E-state index contributed by atoms with van der Waals surface area (Å²) in [5.74, 6) is -0.304. The lowest BCUT2D eigenvalue weighted by Crippen LogP contribution is -2.32. The summed E-state index contributed by atoms with van der Waals surface area (Å²) in [5, 5.41) is 12.1. The standard InChI is InChI=1S/C17H23N3O3S/c1-3-20(4-2)24(22,23)15-9-7-14(8-10-15)19-16(21)17(13-18)11-5-6-12-17/h7-10H,3-6,11-12H2,1-2H3,(H,19,21). The van der Waals surface area contributed by atoms with Crippen LogP contribution in [-0.4, -0.2) is 31.7 Å². The average molecular weight is 349 g/mol. The molecule has 24 heavy (non-hydrogen) atoms. The van der Waals surface area contributed by atoms with Crippen LogP contribution in [0.2, 0.25) is 0 Å². The molecule has 0 heterocycles. The Kier molecular flexibility index (Phi) is 5.62. The van der Waals surface area contributed by atoms with Crippen molar-refractivity contribution in [2.45, 2.75) is 44.4 Å². The van der Waals surface area contributed by atoms with E-state index < -0.39 is 15.4 Å². The highest BCUT2D eigenvalue weighted by molar-refractivity contribution is 7.89. The molecule has 6 nitrogen and oxygen atoms in total. The van der Waals surface area contributed by atoms with Crippen LogP contribution in [0.3, 0.4) is 0 Å². The van der Waals surface area contributed by atoms with Gasteiger partial charge in [0.25, 0.3) is 0 Å². The van der Waals surface area contributed by atoms with Crippen molar-refractivity contribution in [2.75, 3.05) is 18.4 Å². The maximum absolute atomic E-state index is 12.4. The van der Waals surface area contributed by atoms with Crippen LogP contribution in [0.15, 0.2) is 29.2 Å². The number of carbonyl (C=O) groups is 1. The van der Waals surface area contributed by atoms with Crippen molar-refractivity contribution in [3.63, 3.8) is 0 Å². The van der Waals surface area contributed by atoms with Crippen molar-refractivity contribution in [1.82, 2.24) is 4.31 Å². The zero-order valence-corrected chi connectivity index (χ0v) is 14.9. The summed E-state index contributed by atoms with van der Waals surface area (Å²) in [6.45, 7) is 4.39. The van der Waals surface area contributed by atoms with Crippen molar-refractivity contribution in [3.8, 4) is 6.07 Å². The van der Waals surface area contributed by atoms with Gasteiger partial charge in [0.15, 0.2) is 0 Å². The van der Waals surface area contributed by atoms with Crippen molar-refractivity contribution in [1.29, 1.82) is 5.26 Å². The Morgan fingerprint density at radius 1 is 1.21 bits per heavy atom. The molecule has 7 heteroatoms. The van der Waals surface area contributed by atoms with E-state index in [4.69, 9.17) is 0 Å². The van der Waals surface area contributed by atoms with Crippen molar-refractivity contribution in [2.24, 2.45) is 5.41 Å². The van der Waals surface area contributed by atoms with Gasteiger partial charge in [0.2, 0.25) is 15.9 Å². The molecule has 130 valence electrons. The lowest BCUT2D eigenvalue weighted by atomic mass is 9.87. The van der Waals surface area contributed by atoms with Gasteiger partial charge in [-0.05, 0) is 37.1 Å². The molecule has 1 saturated carbocycles. The maximum atomic E-state index is 12.4. The van der Waals surface area contributed by atoms with E-state index in [1.54, 1.807) is 26.0 Å². The second-order valence-corrected chi connectivity index (χ2v) is 7.91. The normalized spacial score (nSPS) is 16.8. The predicted molar refractivity (Wildman–Crippen MR) is 91.7 cm³/mol. The molecule has 2 rings (SSSR count). The van der Waals surface area contributed by atoms with Crippen molar-refractivity contribution >= 4 is 21.6 Å². The van der Waals surface area contributed by atoms with Gasteiger partial charge in [0.1, 0.15) is 5.41 Å². The lowest BCUT2D eigenvalue weighted by molar-refractivity contribution is -0.122. The molecule has 0 atom stereocenters. The number of hydrogen-bond acceptors (Lipinski definition) is 4. The van der Waals surface area contributed by atoms with Crippen LogP contribution in [0, 0.1) is 16.7 Å². The van der Waals surface area contributed by atoms with Gasteiger partial charge in [-0.3, -0.25) is 4.79 Å². The fraction of sp³-hybridized carbons (Fsp3) is 0.529. The molecule has 0 aliphatic heterocycles. The quantitative estimate of drug-likeness (QED) is 0.855. The number of carbonyl (C=O) groups excluding carboxylic acids is 1. The third-order valence-corrected chi connectivity index (χ3v) is 6.63. The van der Waals surface area contributed by atoms with Crippen LogP contribution in [0.25, 0.3) is 0 Å². The molecule has 0 aromatic heterocycles. The Bertz CT molecular complexity index is 725. The summed E-state index contributed by atoms with van der Waals surface area (Å²) in [7, 11) is -3.51. The minimum absolute atomic E-state index is 0.195. The van der Waals surface area contributed by atoms with E-state index in [0.29, 0.717) is 31.6 Å². The highest BCUT2D eigenvalue weighted by atomic mass is 32.2. The molecule has 1 N–H and O–H groups in total. The fourth-order valence-electron chi connectivity index (χ4n) is 3.04. The molecular formula is C17H23N3O3S. The molecule has 0 unspecified atom stereocenters. The molecule has 1 fully saturated rings. The summed E-state index contributed by atoms with van der Waals surface area (Å²) in [6, 6.07) is 8.24. The highest BCUT2D eigenvalue weighted by Crippen LogP contribution is 2.38. The molecule has 1 aromatic rings. The summed E-state index contributed by atoms with van der Waals surface area (Å²) in [4.78, 5) is 12.6. The first-order valence-corrected chi connectivity index (χ1v) is 9.66. The Hall–Kier alpha value is -1.91. The zero-order valence-electron chi connectivity index (χ0n) is 14.1. The van der Waals surface area contributed by atoms with Gasteiger partial charge < -0.3 is 5.32 Å². The first-order valence-electron chi connectivity index (χ1n) is 8.22. The highest BCUT2D eigenvalue weighted by Gasteiger charge is 2.41. The van der Waals surface area contributed by atoms with Crippen LogP contribution in [0.5, 0.6) is 0 Å². The largest absolute Gasteiger partial charge is 0.325 e. The zero-order chi connectivity index (χ0) is 17.8. The monoisotopic (exact) mass is 349 g/mol. The number of nitrogens with one attached hydrogen (secondary N) is 1. The van der Waals surface area contributed by atoms with E-state index in [0.717, 1.165) is 12.8 Å². The number of benzene rings is 1. The second-order valence-electron chi connectivity index (χ2n) is 5.97. The molecule has 1 aromatic carbocycles. The molecule has 0 bridgehead atoms. The van der Waals surface area contributed by atoms with Crippen LogP contribution in [-0.2, 0) is 14.8 Å². The van der Waals surface area contributed by atoms with Crippen LogP contribution in [0.1, 0.15) is 39.5 Å². The first kappa shape index (κ1) is 18.4. The van der Waals surface area contributed by atoms with Gasteiger partial charge in [-0.15, -0.1) is 0 Å². The first-order chi connectivity index (χ1) is 11.4. The second kappa shape index (κ2) is 7.32. The lowest BCUT2D eigenvalue weighted by Gasteiger charge is -2.20. The van der Waals surface area contributed by atoms with E-state index in [1.165, 1.54) is 16.4 Å². The fourth-order valence-corrected chi connectivity index (χ4v) is 4.50. The predicted octanol–water partition coefficient (Wildman–Crippen LogP) is 2.74. The molecule has 1 amide bonds. The molecule has 1 aliphatic rings. The Labute approximate surface area is 143 Å². The van der Waals surface area contributed by atoms with Crippen molar-refractivity contribution < 1.29 is 13.2 Å². The number of amides is 1. The minimum atomic E-state index is -3.51. The number of nitrogens with zero attached hydrogens (tertiary/aromatic N) is 2. The summed E-state index contributed by atoms with van der Waals surface area (Å²) in [6.07, 6.45) is 2.90. The topological polar surface area (TPSA) is 90.3 Å². The third-order valence-electron chi connectivity index (χ3n) is 4.56. The Morgan fingerprint density at radius 2 is 1.75 bits per heavy atom. The van der Waals surface area contributed by atoms with Crippen LogP contribution >= 0.6 is 0 Å². The average Bonchev–Trinajstić information content (AvgIpc) is 3.06. The smallest absolute Gasteiger partial charge is 0.244 e. The molecule has 0 radical (unpaired) electrons.